The van der Waals surface area contributed by atoms with Crippen molar-refractivity contribution in [2.75, 3.05) is 26.2 Å². The lowest BCUT2D eigenvalue weighted by Gasteiger charge is -2.36. The molecule has 2 N–H and O–H groups in total. The van der Waals surface area contributed by atoms with Gasteiger partial charge in [-0.05, 0) is 11.8 Å². The highest BCUT2D eigenvalue weighted by Crippen LogP contribution is 2.19. The van der Waals surface area contributed by atoms with Gasteiger partial charge in [0.2, 0.25) is 0 Å². The summed E-state index contributed by atoms with van der Waals surface area (Å²) < 4.78 is 0. The van der Waals surface area contributed by atoms with E-state index >= 15 is 0 Å². The van der Waals surface area contributed by atoms with E-state index in [4.69, 9.17) is 10.4 Å². The van der Waals surface area contributed by atoms with Gasteiger partial charge < -0.3 is 10.4 Å². The number of hydrogen-bond donors (Lipinski definition) is 2. The van der Waals surface area contributed by atoms with E-state index in [1.165, 1.54) is 0 Å². The highest BCUT2D eigenvalue weighted by molar-refractivity contribution is 5.70. The number of aliphatic carboxylic acids is 1. The highest BCUT2D eigenvalue weighted by atomic mass is 16.4. The molecule has 18 heavy (non-hydrogen) atoms. The average molecular weight is 253 g/mol. The summed E-state index contributed by atoms with van der Waals surface area (Å²) in [4.78, 5) is 13.0. The largest absolute Gasteiger partial charge is 0.481 e. The average Bonchev–Trinajstić information content (AvgIpc) is 2.25. The van der Waals surface area contributed by atoms with Crippen molar-refractivity contribution in [1.29, 1.82) is 5.26 Å². The number of piperidine rings is 1. The molecule has 0 amide bonds. The fraction of sp³-hybridized carbons (Fsp3) is 0.846. The summed E-state index contributed by atoms with van der Waals surface area (Å²) >= 11 is 0. The van der Waals surface area contributed by atoms with Gasteiger partial charge in [0, 0.05) is 25.7 Å². The van der Waals surface area contributed by atoms with Crippen LogP contribution in [0.1, 0.15) is 27.2 Å². The second kappa shape index (κ2) is 6.17. The summed E-state index contributed by atoms with van der Waals surface area (Å²) in [5.41, 5.74) is 0.177. The predicted octanol–water partition coefficient (Wildman–Crippen LogP) is 0.921. The van der Waals surface area contributed by atoms with Gasteiger partial charge in [0.05, 0.1) is 18.5 Å². The molecule has 5 nitrogen and oxygen atoms in total. The molecule has 102 valence electrons. The number of carboxylic acid groups (broad SMARTS) is 1. The molecule has 0 spiro atoms. The smallest absolute Gasteiger partial charge is 0.307 e. The molecule has 0 aromatic rings. The summed E-state index contributed by atoms with van der Waals surface area (Å²) in [7, 11) is 0. The summed E-state index contributed by atoms with van der Waals surface area (Å²) in [6.07, 6.45) is 0.646. The van der Waals surface area contributed by atoms with Gasteiger partial charge in [-0.3, -0.25) is 9.69 Å². The van der Waals surface area contributed by atoms with Gasteiger partial charge in [-0.25, -0.2) is 0 Å². The molecule has 1 fully saturated rings. The minimum Gasteiger partial charge on any atom is -0.481 e. The molecule has 1 aliphatic heterocycles. The quantitative estimate of drug-likeness (QED) is 0.729. The Labute approximate surface area is 109 Å². The van der Waals surface area contributed by atoms with Crippen molar-refractivity contribution in [3.8, 4) is 6.07 Å². The molecule has 0 aromatic heterocycles. The molecule has 0 aliphatic carbocycles. The van der Waals surface area contributed by atoms with Crippen LogP contribution in [-0.4, -0.2) is 48.2 Å². The molecule has 5 heteroatoms. The van der Waals surface area contributed by atoms with Crippen LogP contribution in [0, 0.1) is 22.7 Å². The number of carbonyl (C=O) groups is 1. The maximum Gasteiger partial charge on any atom is 0.307 e. The van der Waals surface area contributed by atoms with Crippen LogP contribution in [0.15, 0.2) is 0 Å². The summed E-state index contributed by atoms with van der Waals surface area (Å²) in [5, 5.41) is 21.3. The summed E-state index contributed by atoms with van der Waals surface area (Å²) in [5.74, 6) is -1.13. The van der Waals surface area contributed by atoms with E-state index in [0.29, 0.717) is 19.5 Å². The fourth-order valence-electron chi connectivity index (χ4n) is 2.20. The number of nitriles is 1. The Bertz CT molecular complexity index is 330. The zero-order valence-corrected chi connectivity index (χ0v) is 11.4. The summed E-state index contributed by atoms with van der Waals surface area (Å²) in [6.45, 7) is 8.82. The van der Waals surface area contributed by atoms with Gasteiger partial charge in [-0.2, -0.15) is 5.26 Å². The maximum atomic E-state index is 11.1. The van der Waals surface area contributed by atoms with Crippen LogP contribution >= 0.6 is 0 Å². The number of nitrogens with zero attached hydrogens (tertiary/aromatic N) is 2. The predicted molar refractivity (Wildman–Crippen MR) is 69.0 cm³/mol. The standard InChI is InChI=1S/C13H23N3O2/c1-13(2,3)9-15-11-6-10(12(17)18)7-16(8-11)5-4-14/h10-11,15H,5-9H2,1-3H3,(H,17,18). The van der Waals surface area contributed by atoms with E-state index in [2.05, 4.69) is 32.2 Å². The van der Waals surface area contributed by atoms with Crippen molar-refractivity contribution in [2.45, 2.75) is 33.2 Å². The van der Waals surface area contributed by atoms with Gasteiger partial charge in [0.15, 0.2) is 0 Å². The van der Waals surface area contributed by atoms with Crippen molar-refractivity contribution in [2.24, 2.45) is 11.3 Å². The van der Waals surface area contributed by atoms with Crippen LogP contribution in [0.4, 0.5) is 0 Å². The first-order valence-electron chi connectivity index (χ1n) is 6.37. The van der Waals surface area contributed by atoms with Crippen LogP contribution in [0.2, 0.25) is 0 Å². The Morgan fingerprint density at radius 1 is 1.50 bits per heavy atom. The van der Waals surface area contributed by atoms with Gasteiger partial charge >= 0.3 is 5.97 Å². The summed E-state index contributed by atoms with van der Waals surface area (Å²) in [6, 6.07) is 2.25. The Kier molecular flexibility index (Phi) is 5.12. The van der Waals surface area contributed by atoms with Gasteiger partial charge in [-0.15, -0.1) is 0 Å². The molecule has 2 unspecified atom stereocenters. The van der Waals surface area contributed by atoms with Crippen LogP contribution in [0.25, 0.3) is 0 Å². The monoisotopic (exact) mass is 253 g/mol. The molecule has 0 saturated carbocycles. The third-order valence-electron chi connectivity index (χ3n) is 3.09. The lowest BCUT2D eigenvalue weighted by molar-refractivity contribution is -0.143. The van der Waals surface area contributed by atoms with E-state index in [0.717, 1.165) is 13.1 Å². The molecule has 1 heterocycles. The molecule has 0 aromatic carbocycles. The van der Waals surface area contributed by atoms with Crippen molar-refractivity contribution in [3.63, 3.8) is 0 Å². The first-order valence-corrected chi connectivity index (χ1v) is 6.37. The van der Waals surface area contributed by atoms with E-state index in [9.17, 15) is 4.79 Å². The Morgan fingerprint density at radius 2 is 2.17 bits per heavy atom. The Morgan fingerprint density at radius 3 is 2.67 bits per heavy atom. The molecule has 0 bridgehead atoms. The number of nitrogens with one attached hydrogen (secondary N) is 1. The molecule has 0 radical (unpaired) electrons. The number of rotatable bonds is 4. The van der Waals surface area contributed by atoms with E-state index in [1.807, 2.05) is 4.90 Å². The minimum absolute atomic E-state index is 0.160. The first-order chi connectivity index (χ1) is 8.31. The van der Waals surface area contributed by atoms with Crippen LogP contribution < -0.4 is 5.32 Å². The van der Waals surface area contributed by atoms with Crippen molar-refractivity contribution in [3.05, 3.63) is 0 Å². The van der Waals surface area contributed by atoms with Crippen molar-refractivity contribution >= 4 is 5.97 Å². The molecule has 2 atom stereocenters. The van der Waals surface area contributed by atoms with E-state index in [-0.39, 0.29) is 17.4 Å². The second-order valence-electron chi connectivity index (χ2n) is 6.26. The SMILES string of the molecule is CC(C)(C)CNC1CC(C(=O)O)CN(CC#N)C1. The normalized spacial score (nSPS) is 25.7. The van der Waals surface area contributed by atoms with E-state index < -0.39 is 5.97 Å². The number of hydrogen-bond acceptors (Lipinski definition) is 4. The van der Waals surface area contributed by atoms with E-state index in [1.54, 1.807) is 0 Å². The Hall–Kier alpha value is -1.12. The maximum absolute atomic E-state index is 11.1. The number of likely N-dealkylation sites (tertiary alicyclic amines) is 1. The van der Waals surface area contributed by atoms with Gasteiger partial charge in [0.1, 0.15) is 0 Å². The fourth-order valence-corrected chi connectivity index (χ4v) is 2.20. The minimum atomic E-state index is -0.764. The molecule has 1 rings (SSSR count). The molecular formula is C13H23N3O2. The number of carboxylic acids is 1. The highest BCUT2D eigenvalue weighted by Gasteiger charge is 2.31. The third kappa shape index (κ3) is 5.03. The van der Waals surface area contributed by atoms with Crippen LogP contribution in [0.3, 0.4) is 0 Å². The molecular weight excluding hydrogens is 230 g/mol. The Balaban J connectivity index is 2.56. The van der Waals surface area contributed by atoms with Crippen molar-refractivity contribution < 1.29 is 9.90 Å². The second-order valence-corrected chi connectivity index (χ2v) is 6.26. The topological polar surface area (TPSA) is 76.4 Å². The first kappa shape index (κ1) is 14.9. The zero-order valence-electron chi connectivity index (χ0n) is 11.4. The zero-order chi connectivity index (χ0) is 13.8. The van der Waals surface area contributed by atoms with Gasteiger partial charge in [-0.1, -0.05) is 20.8 Å². The third-order valence-corrected chi connectivity index (χ3v) is 3.09. The molecule has 1 aliphatic rings. The lowest BCUT2D eigenvalue weighted by Crippen LogP contribution is -2.52. The van der Waals surface area contributed by atoms with Crippen molar-refractivity contribution in [1.82, 2.24) is 10.2 Å². The lowest BCUT2D eigenvalue weighted by atomic mass is 9.92. The van der Waals surface area contributed by atoms with Crippen LogP contribution in [0.5, 0.6) is 0 Å². The van der Waals surface area contributed by atoms with Crippen LogP contribution in [-0.2, 0) is 4.79 Å². The molecule has 1 saturated heterocycles. The van der Waals surface area contributed by atoms with Gasteiger partial charge in [0.25, 0.3) is 0 Å².